The van der Waals surface area contributed by atoms with Crippen molar-refractivity contribution in [2.24, 2.45) is 4.99 Å². The fraction of sp³-hybridized carbons (Fsp3) is 0.409. The third kappa shape index (κ3) is 3.46. The van der Waals surface area contributed by atoms with Crippen LogP contribution in [-0.2, 0) is 0 Å². The second-order valence-electron chi connectivity index (χ2n) is 7.69. The van der Waals surface area contributed by atoms with Gasteiger partial charge in [-0.25, -0.2) is 4.39 Å². The first kappa shape index (κ1) is 17.7. The fourth-order valence-electron chi connectivity index (χ4n) is 3.99. The standard InChI is InChI=1S/C22H27FN2/c1-6-25-21-12-20(23)17(11-19(21)16(3)13-22(25,4)5)14-24-18-9-7-15(2)8-10-18/h7-12,14,16H,6,13H2,1-5H3. The molecule has 2 aromatic rings. The monoisotopic (exact) mass is 338 g/mol. The van der Waals surface area contributed by atoms with Crippen LogP contribution in [0.4, 0.5) is 15.8 Å². The molecule has 0 N–H and O–H groups in total. The van der Waals surface area contributed by atoms with E-state index in [4.69, 9.17) is 0 Å². The quantitative estimate of drug-likeness (QED) is 0.627. The van der Waals surface area contributed by atoms with Gasteiger partial charge < -0.3 is 4.90 Å². The molecule has 2 nitrogen and oxygen atoms in total. The van der Waals surface area contributed by atoms with Gasteiger partial charge in [-0.2, -0.15) is 0 Å². The fourth-order valence-corrected chi connectivity index (χ4v) is 3.99. The summed E-state index contributed by atoms with van der Waals surface area (Å²) in [7, 11) is 0. The van der Waals surface area contributed by atoms with E-state index in [1.54, 1.807) is 12.3 Å². The number of aryl methyl sites for hydroxylation is 1. The predicted octanol–water partition coefficient (Wildman–Crippen LogP) is 6.00. The van der Waals surface area contributed by atoms with Crippen LogP contribution in [0.3, 0.4) is 0 Å². The van der Waals surface area contributed by atoms with Crippen LogP contribution in [0.25, 0.3) is 0 Å². The Morgan fingerprint density at radius 1 is 1.24 bits per heavy atom. The van der Waals surface area contributed by atoms with Gasteiger partial charge in [0.15, 0.2) is 0 Å². The van der Waals surface area contributed by atoms with Crippen molar-refractivity contribution in [2.75, 3.05) is 11.4 Å². The maximum absolute atomic E-state index is 14.7. The molecular weight excluding hydrogens is 311 g/mol. The number of hydrogen-bond acceptors (Lipinski definition) is 2. The van der Waals surface area contributed by atoms with Crippen molar-refractivity contribution in [1.29, 1.82) is 0 Å². The average Bonchev–Trinajstić information content (AvgIpc) is 2.54. The molecule has 0 radical (unpaired) electrons. The van der Waals surface area contributed by atoms with Crippen molar-refractivity contribution in [3.05, 3.63) is 58.9 Å². The van der Waals surface area contributed by atoms with Crippen LogP contribution in [0.1, 0.15) is 56.7 Å². The van der Waals surface area contributed by atoms with Crippen molar-refractivity contribution in [3.63, 3.8) is 0 Å². The molecule has 0 spiro atoms. The number of benzene rings is 2. The van der Waals surface area contributed by atoms with Crippen LogP contribution < -0.4 is 4.90 Å². The Balaban J connectivity index is 1.99. The molecule has 0 bridgehead atoms. The number of hydrogen-bond donors (Lipinski definition) is 0. The minimum Gasteiger partial charge on any atom is -0.366 e. The third-order valence-electron chi connectivity index (χ3n) is 5.21. The van der Waals surface area contributed by atoms with Crippen molar-refractivity contribution in [2.45, 2.75) is 52.5 Å². The van der Waals surface area contributed by atoms with Gasteiger partial charge in [0, 0.05) is 29.5 Å². The van der Waals surface area contributed by atoms with E-state index < -0.39 is 0 Å². The lowest BCUT2D eigenvalue weighted by Gasteiger charge is -2.47. The highest BCUT2D eigenvalue weighted by molar-refractivity contribution is 5.84. The van der Waals surface area contributed by atoms with Crippen molar-refractivity contribution < 1.29 is 4.39 Å². The van der Waals surface area contributed by atoms with Gasteiger partial charge in [-0.1, -0.05) is 24.6 Å². The van der Waals surface area contributed by atoms with E-state index in [-0.39, 0.29) is 11.4 Å². The average molecular weight is 338 g/mol. The van der Waals surface area contributed by atoms with E-state index in [0.29, 0.717) is 11.5 Å². The molecule has 0 aromatic heterocycles. The molecule has 2 aromatic carbocycles. The minimum absolute atomic E-state index is 0.0467. The molecule has 0 amide bonds. The highest BCUT2D eigenvalue weighted by atomic mass is 19.1. The highest BCUT2D eigenvalue weighted by Gasteiger charge is 2.36. The summed E-state index contributed by atoms with van der Waals surface area (Å²) in [5.41, 5.74) is 4.87. The van der Waals surface area contributed by atoms with Crippen molar-refractivity contribution in [1.82, 2.24) is 0 Å². The zero-order valence-electron chi connectivity index (χ0n) is 15.8. The molecule has 3 heteroatoms. The van der Waals surface area contributed by atoms with Gasteiger partial charge in [0.05, 0.1) is 5.69 Å². The summed E-state index contributed by atoms with van der Waals surface area (Å²) in [5, 5.41) is 0. The second kappa shape index (κ2) is 6.62. The maximum Gasteiger partial charge on any atom is 0.134 e. The normalized spacial score (nSPS) is 19.3. The Hall–Kier alpha value is -2.16. The van der Waals surface area contributed by atoms with Gasteiger partial charge in [-0.15, -0.1) is 0 Å². The van der Waals surface area contributed by atoms with Gasteiger partial charge in [0.25, 0.3) is 0 Å². The molecule has 0 saturated carbocycles. The van der Waals surface area contributed by atoms with Crippen LogP contribution in [0.5, 0.6) is 0 Å². The van der Waals surface area contributed by atoms with E-state index in [1.165, 1.54) is 11.1 Å². The van der Waals surface area contributed by atoms with Crippen molar-refractivity contribution in [3.8, 4) is 0 Å². The molecule has 1 unspecified atom stereocenters. The summed E-state index contributed by atoms with van der Waals surface area (Å²) in [4.78, 5) is 6.75. The maximum atomic E-state index is 14.7. The van der Waals surface area contributed by atoms with Crippen LogP contribution in [0, 0.1) is 12.7 Å². The highest BCUT2D eigenvalue weighted by Crippen LogP contribution is 2.43. The first-order valence-corrected chi connectivity index (χ1v) is 9.03. The SMILES string of the molecule is CCN1c2cc(F)c(C=Nc3ccc(C)cc3)cc2C(C)CC1(C)C. The summed E-state index contributed by atoms with van der Waals surface area (Å²) in [6.45, 7) is 11.8. The summed E-state index contributed by atoms with van der Waals surface area (Å²) in [6, 6.07) is 11.6. The predicted molar refractivity (Wildman–Crippen MR) is 105 cm³/mol. The Morgan fingerprint density at radius 3 is 2.56 bits per heavy atom. The van der Waals surface area contributed by atoms with E-state index in [0.717, 1.165) is 24.3 Å². The molecule has 0 saturated heterocycles. The Bertz CT molecular complexity index is 790. The summed E-state index contributed by atoms with van der Waals surface area (Å²) >= 11 is 0. The van der Waals surface area contributed by atoms with Gasteiger partial charge >= 0.3 is 0 Å². The summed E-state index contributed by atoms with van der Waals surface area (Å²) in [5.74, 6) is 0.192. The Labute approximate surface area is 150 Å². The van der Waals surface area contributed by atoms with Crippen LogP contribution in [0.2, 0.25) is 0 Å². The zero-order chi connectivity index (χ0) is 18.2. The van der Waals surface area contributed by atoms with E-state index in [9.17, 15) is 4.39 Å². The van der Waals surface area contributed by atoms with E-state index in [2.05, 4.69) is 37.6 Å². The molecule has 1 atom stereocenters. The van der Waals surface area contributed by atoms with Crippen LogP contribution in [0.15, 0.2) is 41.4 Å². The van der Waals surface area contributed by atoms with Gasteiger partial charge in [0.2, 0.25) is 0 Å². The summed E-state index contributed by atoms with van der Waals surface area (Å²) in [6.07, 6.45) is 2.71. The van der Waals surface area contributed by atoms with Gasteiger partial charge in [-0.05, 0) is 69.9 Å². The topological polar surface area (TPSA) is 15.6 Å². The Morgan fingerprint density at radius 2 is 1.92 bits per heavy atom. The summed E-state index contributed by atoms with van der Waals surface area (Å²) < 4.78 is 14.7. The molecular formula is C22H27FN2. The van der Waals surface area contributed by atoms with Gasteiger partial charge in [0.1, 0.15) is 5.82 Å². The number of aliphatic imine (C=N–C) groups is 1. The van der Waals surface area contributed by atoms with Crippen LogP contribution >= 0.6 is 0 Å². The largest absolute Gasteiger partial charge is 0.366 e. The zero-order valence-corrected chi connectivity index (χ0v) is 15.8. The molecule has 132 valence electrons. The second-order valence-corrected chi connectivity index (χ2v) is 7.69. The molecule has 0 aliphatic carbocycles. The molecule has 1 heterocycles. The first-order valence-electron chi connectivity index (χ1n) is 9.03. The van der Waals surface area contributed by atoms with Gasteiger partial charge in [-0.3, -0.25) is 4.99 Å². The number of halogens is 1. The molecule has 1 aliphatic rings. The molecule has 1 aliphatic heterocycles. The van der Waals surface area contributed by atoms with E-state index >= 15 is 0 Å². The molecule has 25 heavy (non-hydrogen) atoms. The lowest BCUT2D eigenvalue weighted by molar-refractivity contribution is 0.380. The third-order valence-corrected chi connectivity index (χ3v) is 5.21. The van der Waals surface area contributed by atoms with Crippen molar-refractivity contribution >= 4 is 17.6 Å². The molecule has 0 fully saturated rings. The first-order chi connectivity index (χ1) is 11.8. The number of fused-ring (bicyclic) bond motifs is 1. The smallest absolute Gasteiger partial charge is 0.134 e. The number of anilines is 1. The molecule has 3 rings (SSSR count). The number of nitrogens with zero attached hydrogens (tertiary/aromatic N) is 2. The van der Waals surface area contributed by atoms with Crippen LogP contribution in [-0.4, -0.2) is 18.3 Å². The minimum atomic E-state index is -0.210. The lowest BCUT2D eigenvalue weighted by Crippen LogP contribution is -2.48. The Kier molecular flexibility index (Phi) is 4.68. The van der Waals surface area contributed by atoms with E-state index in [1.807, 2.05) is 37.3 Å². The number of rotatable bonds is 3. The lowest BCUT2D eigenvalue weighted by atomic mass is 9.79.